The van der Waals surface area contributed by atoms with Gasteiger partial charge in [0.25, 0.3) is 0 Å². The standard InChI is InChI=1S/C74H113N23O21/c1-37(2)58(94-67(112)57(77)40(5)99)68(113)87-44(16-9-27-82-73(78)79)61(106)84-35-56(103)85-38(3)59(104)88-46(25-26-54(75)101)70(115)97-31-13-20-53(97)71(116)96-30-12-18-51(96)65(110)86-39(4)60(105)90-47(32-41-14-7-6-8-15-41)63(108)91-48(33-42-21-23-43(100)24-22-42)62(107)89-45(17-10-28-83-74(80)81)69(114)95-29-11-19-52(95)66(111)92-49(34-55(76)102)64(109)93-50(36-98)72(117)118/h6-8,14-15,21-24,37-40,44-53,57-58,98-100H,9-13,16-20,25-36,77H2,1-5H3,(H2,75,101)(H2,76,102)(H,84,106)(H,85,103)(H,86,110)(H,87,113)(H,88,104)(H,89,107)(H,90,105)(H,91,108)(H,92,111)(H,93,109)(H,94,112)(H,117,118)(H4,78,79,82)(H4,80,81,83). The van der Waals surface area contributed by atoms with Crippen LogP contribution in [0.1, 0.15) is 129 Å². The van der Waals surface area contributed by atoms with E-state index in [9.17, 15) is 102 Å². The predicted molar refractivity (Wildman–Crippen MR) is 420 cm³/mol. The molecule has 3 aliphatic heterocycles. The number of carboxylic acid groups (broad SMARTS) is 1. The lowest BCUT2D eigenvalue weighted by Crippen LogP contribution is -2.61. The van der Waals surface area contributed by atoms with Gasteiger partial charge in [0.2, 0.25) is 94.5 Å². The summed E-state index contributed by atoms with van der Waals surface area (Å²) in [6.45, 7) is 5.31. The number of nitrogens with one attached hydrogen (secondary N) is 15. The Balaban J connectivity index is 1.30. The Morgan fingerprint density at radius 1 is 0.475 bits per heavy atom. The summed E-state index contributed by atoms with van der Waals surface area (Å²) >= 11 is 0. The summed E-state index contributed by atoms with van der Waals surface area (Å²) in [5.74, 6) is -17.5. The minimum Gasteiger partial charge on any atom is -0.508 e. The van der Waals surface area contributed by atoms with Crippen molar-refractivity contribution in [1.29, 1.82) is 10.8 Å². The molecule has 16 amide bonds. The summed E-state index contributed by atoms with van der Waals surface area (Å²) in [5, 5.41) is 86.6. The van der Waals surface area contributed by atoms with E-state index in [4.69, 9.17) is 39.5 Å². The Hall–Kier alpha value is -12.3. The number of carbonyl (C=O) groups excluding carboxylic acids is 16. The third kappa shape index (κ3) is 30.4. The lowest BCUT2D eigenvalue weighted by Gasteiger charge is -2.33. The number of carboxylic acids is 1. The molecule has 44 heteroatoms. The Morgan fingerprint density at radius 2 is 0.924 bits per heavy atom. The van der Waals surface area contributed by atoms with E-state index in [-0.39, 0.29) is 121 Å². The van der Waals surface area contributed by atoms with Crippen molar-refractivity contribution >= 4 is 112 Å². The number of phenols is 1. The molecule has 3 heterocycles. The summed E-state index contributed by atoms with van der Waals surface area (Å²) in [7, 11) is 0. The molecule has 3 aliphatic rings. The molecule has 15 unspecified atom stereocenters. The highest BCUT2D eigenvalue weighted by Crippen LogP contribution is 2.27. The molecule has 118 heavy (non-hydrogen) atoms. The highest BCUT2D eigenvalue weighted by Gasteiger charge is 2.46. The van der Waals surface area contributed by atoms with Gasteiger partial charge in [-0.3, -0.25) is 87.5 Å². The van der Waals surface area contributed by atoms with Gasteiger partial charge < -0.3 is 133 Å². The second-order valence-electron chi connectivity index (χ2n) is 29.5. The van der Waals surface area contributed by atoms with Crippen molar-refractivity contribution in [3.05, 3.63) is 65.7 Å². The highest BCUT2D eigenvalue weighted by molar-refractivity contribution is 6.01. The van der Waals surface area contributed by atoms with E-state index in [0.29, 0.717) is 17.5 Å². The van der Waals surface area contributed by atoms with Crippen molar-refractivity contribution in [2.45, 2.75) is 222 Å². The molecule has 5 rings (SSSR count). The zero-order chi connectivity index (χ0) is 87.8. The van der Waals surface area contributed by atoms with Crippen molar-refractivity contribution in [3.63, 3.8) is 0 Å². The van der Waals surface area contributed by atoms with E-state index in [0.717, 1.165) is 4.90 Å². The van der Waals surface area contributed by atoms with Gasteiger partial charge in [-0.1, -0.05) is 56.3 Å². The molecule has 0 aromatic heterocycles. The first-order chi connectivity index (χ1) is 55.7. The van der Waals surface area contributed by atoms with Gasteiger partial charge in [0, 0.05) is 52.0 Å². The quantitative estimate of drug-likeness (QED) is 0.0166. The van der Waals surface area contributed by atoms with E-state index in [1.165, 1.54) is 54.8 Å². The molecule has 0 bridgehead atoms. The molecule has 0 spiro atoms. The third-order valence-electron chi connectivity index (χ3n) is 19.8. The number of aliphatic hydroxyl groups excluding tert-OH is 2. The molecule has 0 aliphatic carbocycles. The summed E-state index contributed by atoms with van der Waals surface area (Å²) in [4.78, 5) is 236. The Kier molecular flexibility index (Phi) is 38.3. The van der Waals surface area contributed by atoms with Crippen molar-refractivity contribution < 1.29 is 102 Å². The summed E-state index contributed by atoms with van der Waals surface area (Å²) in [6, 6.07) is -6.37. The van der Waals surface area contributed by atoms with Crippen molar-refractivity contribution in [1.82, 2.24) is 83.8 Å². The van der Waals surface area contributed by atoms with E-state index in [1.54, 1.807) is 44.2 Å². The van der Waals surface area contributed by atoms with E-state index in [2.05, 4.69) is 63.8 Å². The number of amides is 16. The lowest BCUT2D eigenvalue weighted by molar-refractivity contribution is -0.148. The molecular formula is C74H113N23O21. The number of primary amides is 2. The number of aliphatic hydroxyl groups is 2. The zero-order valence-electron chi connectivity index (χ0n) is 66.4. The fourth-order valence-corrected chi connectivity index (χ4v) is 13.3. The number of carbonyl (C=O) groups is 17. The lowest BCUT2D eigenvalue weighted by atomic mass is 10.0. The number of aromatic hydroxyl groups is 1. The third-order valence-corrected chi connectivity index (χ3v) is 19.8. The van der Waals surface area contributed by atoms with Crippen LogP contribution in [0.5, 0.6) is 5.75 Å². The Labute approximate surface area is 680 Å². The van der Waals surface area contributed by atoms with Crippen LogP contribution in [0, 0.1) is 16.7 Å². The zero-order valence-corrected chi connectivity index (χ0v) is 66.4. The van der Waals surface area contributed by atoms with Gasteiger partial charge in [0.05, 0.1) is 25.7 Å². The van der Waals surface area contributed by atoms with Gasteiger partial charge in [0.15, 0.2) is 11.9 Å². The van der Waals surface area contributed by atoms with Gasteiger partial charge in [0.1, 0.15) is 90.3 Å². The van der Waals surface area contributed by atoms with E-state index in [1.807, 2.05) is 5.32 Å². The number of hydrogen-bond donors (Lipinski definition) is 24. The van der Waals surface area contributed by atoms with Gasteiger partial charge in [-0.2, -0.15) is 0 Å². The van der Waals surface area contributed by atoms with Gasteiger partial charge in [-0.15, -0.1) is 0 Å². The monoisotopic (exact) mass is 1660 g/mol. The fourth-order valence-electron chi connectivity index (χ4n) is 13.3. The molecule has 0 radical (unpaired) electrons. The van der Waals surface area contributed by atoms with Crippen LogP contribution in [-0.2, 0) is 94.3 Å². The maximum atomic E-state index is 14.9. The second-order valence-corrected chi connectivity index (χ2v) is 29.5. The first-order valence-electron chi connectivity index (χ1n) is 38.7. The molecule has 44 nitrogen and oxygen atoms in total. The van der Waals surface area contributed by atoms with Gasteiger partial charge >= 0.3 is 5.97 Å². The van der Waals surface area contributed by atoms with Crippen LogP contribution in [-0.4, -0.2) is 284 Å². The van der Waals surface area contributed by atoms with Crippen molar-refractivity contribution in [2.75, 3.05) is 45.9 Å². The van der Waals surface area contributed by atoms with E-state index >= 15 is 0 Å². The number of nitrogens with zero attached hydrogens (tertiary/aromatic N) is 3. The molecule has 3 saturated heterocycles. The number of hydrogen-bond acceptors (Lipinski definition) is 23. The van der Waals surface area contributed by atoms with Gasteiger partial charge in [-0.05, 0) is 121 Å². The molecule has 3 fully saturated rings. The van der Waals surface area contributed by atoms with Crippen molar-refractivity contribution in [3.8, 4) is 5.75 Å². The largest absolute Gasteiger partial charge is 0.508 e. The molecule has 650 valence electrons. The number of nitrogens with two attached hydrogens (primary N) is 5. The first-order valence-corrected chi connectivity index (χ1v) is 38.7. The topological polar surface area (TPSA) is 715 Å². The van der Waals surface area contributed by atoms with Crippen LogP contribution in [0.2, 0.25) is 0 Å². The van der Waals surface area contributed by atoms with Crippen molar-refractivity contribution in [2.24, 2.45) is 34.6 Å². The van der Waals surface area contributed by atoms with Crippen LogP contribution in [0.4, 0.5) is 0 Å². The van der Waals surface area contributed by atoms with Crippen LogP contribution in [0.25, 0.3) is 0 Å². The minimum absolute atomic E-state index is 0.0000739. The average molecular weight is 1660 g/mol. The number of benzene rings is 2. The minimum atomic E-state index is -1.83. The molecule has 2 aromatic rings. The highest BCUT2D eigenvalue weighted by atomic mass is 16.4. The number of guanidine groups is 2. The molecule has 2 aromatic carbocycles. The summed E-state index contributed by atoms with van der Waals surface area (Å²) in [5.41, 5.74) is 28.4. The molecule has 15 atom stereocenters. The molecule has 0 saturated carbocycles. The average Bonchev–Trinajstić information content (AvgIpc) is 1.64. The first kappa shape index (κ1) is 96.2. The smallest absolute Gasteiger partial charge is 0.328 e. The van der Waals surface area contributed by atoms with Crippen LogP contribution >= 0.6 is 0 Å². The SMILES string of the molecule is CC(NC(=O)CNC(=O)C(CCCNC(=N)N)NC(=O)C(NC(=O)C(N)C(C)O)C(C)C)C(=O)NC(CCC(N)=O)C(=O)N1CCCC1C(=O)N1CCCC1C(=O)NC(C)C(=O)NC(Cc1ccccc1)C(=O)NC(Cc1ccc(O)cc1)C(=O)NC(CCCNC(=N)N)C(=O)N1CCCC1C(=O)NC(CC(N)=O)C(=O)NC(CO)C(=O)O. The maximum Gasteiger partial charge on any atom is 0.328 e. The number of rotatable bonds is 46. The second kappa shape index (κ2) is 47.0. The fraction of sp³-hybridized carbons (Fsp3) is 0.581. The predicted octanol–water partition coefficient (Wildman–Crippen LogP) is -8.74. The van der Waals surface area contributed by atoms with Crippen LogP contribution in [0.15, 0.2) is 54.6 Å². The summed E-state index contributed by atoms with van der Waals surface area (Å²) < 4.78 is 0. The summed E-state index contributed by atoms with van der Waals surface area (Å²) in [6.07, 6.45) is -2.43. The number of likely N-dealkylation sites (tertiary alicyclic amines) is 3. The Morgan fingerprint density at radius 3 is 1.44 bits per heavy atom. The normalized spacial score (nSPS) is 18.0. The number of phenolic OH excluding ortho intramolecular Hbond substituents is 1. The number of aliphatic carboxylic acids is 1. The van der Waals surface area contributed by atoms with Crippen LogP contribution < -0.4 is 97.8 Å². The van der Waals surface area contributed by atoms with Crippen LogP contribution in [0.3, 0.4) is 0 Å². The van der Waals surface area contributed by atoms with E-state index < -0.39 is 229 Å². The molecular weight excluding hydrogens is 1550 g/mol. The van der Waals surface area contributed by atoms with Gasteiger partial charge in [-0.25, -0.2) is 4.79 Å². The Bertz CT molecular complexity index is 3930. The molecule has 29 N–H and O–H groups in total. The maximum absolute atomic E-state index is 14.9.